The largest absolute Gasteiger partial charge is 0.330 e. The maximum Gasteiger partial charge on any atom is 0.160 e. The third-order valence-corrected chi connectivity index (χ3v) is 3.10. The Hall–Kier alpha value is 0.620. The van der Waals surface area contributed by atoms with Crippen LogP contribution >= 0.6 is 51.1 Å². The minimum atomic E-state index is 0.676. The van der Waals surface area contributed by atoms with Crippen LogP contribution in [0.1, 0.15) is 0 Å². The van der Waals surface area contributed by atoms with Gasteiger partial charge in [0, 0.05) is 0 Å². The van der Waals surface area contributed by atoms with Crippen molar-refractivity contribution in [1.82, 2.24) is 4.98 Å². The normalized spacial score (nSPS) is 9.75. The van der Waals surface area contributed by atoms with Crippen LogP contribution in [0.25, 0.3) is 0 Å². The van der Waals surface area contributed by atoms with E-state index in [1.165, 1.54) is 11.3 Å². The molecule has 1 heterocycles. The van der Waals surface area contributed by atoms with Crippen LogP contribution < -0.4 is 0 Å². The van der Waals surface area contributed by atoms with E-state index in [0.717, 1.165) is 4.60 Å². The van der Waals surface area contributed by atoms with Crippen LogP contribution in [0.5, 0.6) is 0 Å². The van der Waals surface area contributed by atoms with Gasteiger partial charge in [0.1, 0.15) is 8.94 Å². The first-order chi connectivity index (χ1) is 3.70. The molecule has 1 N–H and O–H groups in total. The molecular formula is C3HBrClNS2. The van der Waals surface area contributed by atoms with Crippen molar-refractivity contribution in [2.45, 2.75) is 0 Å². The minimum absolute atomic E-state index is 0.676. The summed E-state index contributed by atoms with van der Waals surface area (Å²) in [7, 11) is 0. The Bertz CT molecular complexity index is 217. The fourth-order valence-corrected chi connectivity index (χ4v) is 2.22. The van der Waals surface area contributed by atoms with E-state index < -0.39 is 0 Å². The summed E-state index contributed by atoms with van der Waals surface area (Å²) in [5.41, 5.74) is 0. The molecule has 0 fully saturated rings. The molecular weight excluding hydrogens is 230 g/mol. The summed E-state index contributed by atoms with van der Waals surface area (Å²) in [5.74, 6) is 0. The van der Waals surface area contributed by atoms with Crippen molar-refractivity contribution >= 4 is 51.1 Å². The number of thiazole rings is 1. The maximum absolute atomic E-state index is 5.60. The quantitative estimate of drug-likeness (QED) is 0.677. The van der Waals surface area contributed by atoms with Crippen LogP contribution in [0.2, 0.25) is 4.34 Å². The zero-order chi connectivity index (χ0) is 6.15. The van der Waals surface area contributed by atoms with Crippen LogP contribution in [0.4, 0.5) is 0 Å². The molecule has 0 aromatic carbocycles. The molecule has 1 aromatic rings. The first-order valence-electron chi connectivity index (χ1n) is 1.74. The second-order valence-electron chi connectivity index (χ2n) is 1.10. The van der Waals surface area contributed by atoms with E-state index in [9.17, 15) is 0 Å². The molecule has 1 aromatic heterocycles. The predicted octanol–water partition coefficient (Wildman–Crippen LogP) is 3.22. The highest BCUT2D eigenvalue weighted by molar-refractivity contribution is 9.10. The highest BCUT2D eigenvalue weighted by Gasteiger charge is 1.96. The summed E-state index contributed by atoms with van der Waals surface area (Å²) in [6.45, 7) is 0. The molecule has 1 nitrogen and oxygen atoms in total. The maximum atomic E-state index is 5.60. The van der Waals surface area contributed by atoms with Crippen molar-refractivity contribution in [1.29, 1.82) is 0 Å². The molecule has 1 rings (SSSR count). The molecule has 0 atom stereocenters. The SMILES string of the molecule is S=c1[nH]c(Br)c(Cl)s1. The van der Waals surface area contributed by atoms with Crippen molar-refractivity contribution in [2.24, 2.45) is 0 Å². The molecule has 0 aliphatic carbocycles. The highest BCUT2D eigenvalue weighted by atomic mass is 79.9. The van der Waals surface area contributed by atoms with Crippen molar-refractivity contribution < 1.29 is 0 Å². The lowest BCUT2D eigenvalue weighted by Gasteiger charge is -1.74. The zero-order valence-corrected chi connectivity index (χ0v) is 7.55. The van der Waals surface area contributed by atoms with E-state index in [-0.39, 0.29) is 0 Å². The topological polar surface area (TPSA) is 15.8 Å². The average Bonchev–Trinajstić information content (AvgIpc) is 1.85. The molecule has 0 saturated heterocycles. The van der Waals surface area contributed by atoms with E-state index in [0.29, 0.717) is 8.29 Å². The lowest BCUT2D eigenvalue weighted by Crippen LogP contribution is -1.57. The van der Waals surface area contributed by atoms with E-state index in [4.69, 9.17) is 23.8 Å². The lowest BCUT2D eigenvalue weighted by atomic mass is 11.0. The number of hydrogen-bond acceptors (Lipinski definition) is 2. The Morgan fingerprint density at radius 2 is 2.38 bits per heavy atom. The molecule has 0 aliphatic heterocycles. The first-order valence-corrected chi connectivity index (χ1v) is 4.14. The summed E-state index contributed by atoms with van der Waals surface area (Å²) in [5, 5.41) is 0. The van der Waals surface area contributed by atoms with Crippen LogP contribution in [0.15, 0.2) is 4.60 Å². The number of halogens is 2. The monoisotopic (exact) mass is 229 g/mol. The van der Waals surface area contributed by atoms with Gasteiger partial charge in [0.15, 0.2) is 3.95 Å². The minimum Gasteiger partial charge on any atom is -0.330 e. The van der Waals surface area contributed by atoms with Gasteiger partial charge in [-0.1, -0.05) is 22.9 Å². The molecule has 5 heteroatoms. The lowest BCUT2D eigenvalue weighted by molar-refractivity contribution is 1.34. The van der Waals surface area contributed by atoms with Crippen LogP contribution in [-0.4, -0.2) is 4.98 Å². The Morgan fingerprint density at radius 3 is 2.50 bits per heavy atom. The molecule has 0 saturated carbocycles. The van der Waals surface area contributed by atoms with E-state index in [2.05, 4.69) is 20.9 Å². The fourth-order valence-electron chi connectivity index (χ4n) is 0.290. The molecule has 8 heavy (non-hydrogen) atoms. The third kappa shape index (κ3) is 1.31. The van der Waals surface area contributed by atoms with Gasteiger partial charge < -0.3 is 4.98 Å². The van der Waals surface area contributed by atoms with E-state index >= 15 is 0 Å². The number of aromatic amines is 1. The van der Waals surface area contributed by atoms with Crippen molar-refractivity contribution in [3.05, 3.63) is 12.9 Å². The number of nitrogens with one attached hydrogen (secondary N) is 1. The van der Waals surface area contributed by atoms with E-state index in [1.807, 2.05) is 0 Å². The Kier molecular flexibility index (Phi) is 2.08. The van der Waals surface area contributed by atoms with Crippen LogP contribution in [0, 0.1) is 3.95 Å². The summed E-state index contributed by atoms with van der Waals surface area (Å²) >= 11 is 14.9. The second-order valence-corrected chi connectivity index (χ2v) is 4.18. The highest BCUT2D eigenvalue weighted by Crippen LogP contribution is 2.25. The first kappa shape index (κ1) is 6.74. The van der Waals surface area contributed by atoms with Gasteiger partial charge in [-0.05, 0) is 28.1 Å². The van der Waals surface area contributed by atoms with Gasteiger partial charge in [0.25, 0.3) is 0 Å². The van der Waals surface area contributed by atoms with Gasteiger partial charge in [-0.15, -0.1) is 0 Å². The van der Waals surface area contributed by atoms with Gasteiger partial charge in [-0.25, -0.2) is 0 Å². The molecule has 0 bridgehead atoms. The molecule has 0 amide bonds. The Labute approximate surface area is 68.8 Å². The molecule has 0 radical (unpaired) electrons. The molecule has 44 valence electrons. The zero-order valence-electron chi connectivity index (χ0n) is 3.57. The van der Waals surface area contributed by atoms with Gasteiger partial charge in [0.2, 0.25) is 0 Å². The Balaban J connectivity index is 3.35. The van der Waals surface area contributed by atoms with Gasteiger partial charge in [-0.3, -0.25) is 0 Å². The number of H-pyrrole nitrogens is 1. The summed E-state index contributed by atoms with van der Waals surface area (Å²) < 4.78 is 2.14. The summed E-state index contributed by atoms with van der Waals surface area (Å²) in [6.07, 6.45) is 0. The Morgan fingerprint density at radius 1 is 1.75 bits per heavy atom. The standard InChI is InChI=1S/C3HBrClNS2/c4-1-2(5)8-3(7)6-1/h(H,6,7). The molecule has 0 unspecified atom stereocenters. The summed E-state index contributed by atoms with van der Waals surface area (Å²) in [6, 6.07) is 0. The van der Waals surface area contributed by atoms with Gasteiger partial charge >= 0.3 is 0 Å². The van der Waals surface area contributed by atoms with E-state index in [1.54, 1.807) is 0 Å². The number of aromatic nitrogens is 1. The van der Waals surface area contributed by atoms with Crippen LogP contribution in [-0.2, 0) is 0 Å². The van der Waals surface area contributed by atoms with Crippen molar-refractivity contribution in [3.63, 3.8) is 0 Å². The van der Waals surface area contributed by atoms with Gasteiger partial charge in [0.05, 0.1) is 0 Å². The smallest absolute Gasteiger partial charge is 0.160 e. The average molecular weight is 231 g/mol. The summed E-state index contributed by atoms with van der Waals surface area (Å²) in [4.78, 5) is 2.83. The number of rotatable bonds is 0. The third-order valence-electron chi connectivity index (χ3n) is 0.567. The second kappa shape index (κ2) is 2.47. The molecule has 0 aliphatic rings. The number of hydrogen-bond donors (Lipinski definition) is 1. The molecule has 0 spiro atoms. The van der Waals surface area contributed by atoms with Crippen molar-refractivity contribution in [2.75, 3.05) is 0 Å². The van der Waals surface area contributed by atoms with Crippen LogP contribution in [0.3, 0.4) is 0 Å². The van der Waals surface area contributed by atoms with Gasteiger partial charge in [-0.2, -0.15) is 0 Å². The fraction of sp³-hybridized carbons (Fsp3) is 0. The van der Waals surface area contributed by atoms with Crippen molar-refractivity contribution in [3.8, 4) is 0 Å². The predicted molar refractivity (Wildman–Crippen MR) is 42.2 cm³/mol.